The Labute approximate surface area is 355 Å². The summed E-state index contributed by atoms with van der Waals surface area (Å²) in [6, 6.07) is 0. The van der Waals surface area contributed by atoms with Crippen molar-refractivity contribution in [2.24, 2.45) is 11.8 Å². The molecule has 0 heterocycles. The number of hydrogen-bond acceptors (Lipinski definition) is 6. The van der Waals surface area contributed by atoms with Crippen molar-refractivity contribution in [2.45, 2.75) is 285 Å². The lowest BCUT2D eigenvalue weighted by molar-refractivity contribution is -0.167. The van der Waals surface area contributed by atoms with Crippen LogP contribution in [0.2, 0.25) is 0 Å². The third kappa shape index (κ3) is 42.3. The first-order valence-electron chi connectivity index (χ1n) is 25.3. The van der Waals surface area contributed by atoms with Gasteiger partial charge in [0.1, 0.15) is 13.2 Å². The Morgan fingerprint density at radius 2 is 0.614 bits per heavy atom. The highest BCUT2D eigenvalue weighted by molar-refractivity contribution is 5.71. The fraction of sp³-hybridized carbons (Fsp3) is 0.941. The molecule has 0 aliphatic carbocycles. The fourth-order valence-electron chi connectivity index (χ4n) is 7.57. The highest BCUT2D eigenvalue weighted by Gasteiger charge is 2.19. The molecular formula is C51H98O6. The Hall–Kier alpha value is -1.59. The first-order chi connectivity index (χ1) is 27.8. The molecule has 0 saturated carbocycles. The van der Waals surface area contributed by atoms with Crippen molar-refractivity contribution in [3.8, 4) is 0 Å². The van der Waals surface area contributed by atoms with Crippen molar-refractivity contribution in [3.05, 3.63) is 0 Å². The number of rotatable bonds is 45. The molecule has 338 valence electrons. The molecule has 57 heavy (non-hydrogen) atoms. The van der Waals surface area contributed by atoms with Gasteiger partial charge in [0.15, 0.2) is 6.10 Å². The van der Waals surface area contributed by atoms with Crippen LogP contribution in [-0.2, 0) is 28.6 Å². The van der Waals surface area contributed by atoms with Crippen molar-refractivity contribution in [1.29, 1.82) is 0 Å². The van der Waals surface area contributed by atoms with Gasteiger partial charge in [-0.3, -0.25) is 14.4 Å². The summed E-state index contributed by atoms with van der Waals surface area (Å²) in [5.41, 5.74) is 0. The number of esters is 3. The summed E-state index contributed by atoms with van der Waals surface area (Å²) in [5.74, 6) is 0.766. The zero-order chi connectivity index (χ0) is 41.9. The van der Waals surface area contributed by atoms with Crippen LogP contribution in [0, 0.1) is 11.8 Å². The summed E-state index contributed by atoms with van der Waals surface area (Å²) < 4.78 is 16.8. The predicted molar refractivity (Wildman–Crippen MR) is 243 cm³/mol. The molecule has 0 aromatic carbocycles. The number of carbonyl (C=O) groups excluding carboxylic acids is 3. The van der Waals surface area contributed by atoms with Gasteiger partial charge in [0.2, 0.25) is 0 Å². The first-order valence-corrected chi connectivity index (χ1v) is 25.3. The summed E-state index contributed by atoms with van der Waals surface area (Å²) in [7, 11) is 0. The van der Waals surface area contributed by atoms with Gasteiger partial charge in [-0.15, -0.1) is 0 Å². The van der Waals surface area contributed by atoms with E-state index >= 15 is 0 Å². The van der Waals surface area contributed by atoms with Gasteiger partial charge in [-0.25, -0.2) is 0 Å². The number of unbranched alkanes of at least 4 members (excludes halogenated alkanes) is 28. The van der Waals surface area contributed by atoms with Crippen LogP contribution < -0.4 is 0 Å². The van der Waals surface area contributed by atoms with E-state index in [1.807, 2.05) is 0 Å². The molecule has 0 aromatic rings. The standard InChI is InChI=1S/C51H98O6/c1-6-9-10-11-12-13-14-15-16-17-18-19-20-21-22-23-24-31-36-41-49(52)55-44-48(57-51(54)43-38-33-28-26-30-35-40-47(5)8-3)45-56-50(53)42-37-32-27-25-29-34-39-46(4)7-2/h46-48H,6-45H2,1-5H3/t46?,47?,48-/m1/s1. The van der Waals surface area contributed by atoms with Gasteiger partial charge in [0.25, 0.3) is 0 Å². The van der Waals surface area contributed by atoms with Crippen molar-refractivity contribution in [3.63, 3.8) is 0 Å². The van der Waals surface area contributed by atoms with E-state index in [9.17, 15) is 14.4 Å². The van der Waals surface area contributed by atoms with E-state index in [4.69, 9.17) is 14.2 Å². The molecule has 0 N–H and O–H groups in total. The van der Waals surface area contributed by atoms with Crippen molar-refractivity contribution < 1.29 is 28.6 Å². The SMILES string of the molecule is CCCCCCCCCCCCCCCCCCCCCC(=O)OC[C@H](COC(=O)CCCCCCCCC(C)CC)OC(=O)CCCCCCCCC(C)CC. The lowest BCUT2D eigenvalue weighted by Gasteiger charge is -2.18. The van der Waals surface area contributed by atoms with Gasteiger partial charge in [0.05, 0.1) is 0 Å². The third-order valence-corrected chi connectivity index (χ3v) is 12.2. The molecule has 0 saturated heterocycles. The molecule has 0 rings (SSSR count). The highest BCUT2D eigenvalue weighted by Crippen LogP contribution is 2.18. The van der Waals surface area contributed by atoms with Crippen LogP contribution in [0.3, 0.4) is 0 Å². The van der Waals surface area contributed by atoms with Crippen LogP contribution in [0.5, 0.6) is 0 Å². The van der Waals surface area contributed by atoms with E-state index in [2.05, 4.69) is 34.6 Å². The maximum Gasteiger partial charge on any atom is 0.306 e. The van der Waals surface area contributed by atoms with E-state index in [0.717, 1.165) is 69.6 Å². The van der Waals surface area contributed by atoms with Crippen LogP contribution >= 0.6 is 0 Å². The summed E-state index contributed by atoms with van der Waals surface area (Å²) in [5, 5.41) is 0. The summed E-state index contributed by atoms with van der Waals surface area (Å²) in [4.78, 5) is 37.8. The molecule has 6 nitrogen and oxygen atoms in total. The Bertz CT molecular complexity index is 874. The van der Waals surface area contributed by atoms with Crippen LogP contribution in [-0.4, -0.2) is 37.2 Å². The summed E-state index contributed by atoms with van der Waals surface area (Å²) in [6.07, 6.45) is 43.9. The highest BCUT2D eigenvalue weighted by atomic mass is 16.6. The molecule has 0 fully saturated rings. The maximum atomic E-state index is 12.7. The van der Waals surface area contributed by atoms with Crippen LogP contribution in [0.25, 0.3) is 0 Å². The Morgan fingerprint density at radius 1 is 0.351 bits per heavy atom. The van der Waals surface area contributed by atoms with Gasteiger partial charge < -0.3 is 14.2 Å². The maximum absolute atomic E-state index is 12.7. The average molecular weight is 807 g/mol. The minimum absolute atomic E-state index is 0.0657. The van der Waals surface area contributed by atoms with Gasteiger partial charge in [-0.05, 0) is 31.1 Å². The van der Waals surface area contributed by atoms with Crippen molar-refractivity contribution in [2.75, 3.05) is 13.2 Å². The molecular weight excluding hydrogens is 709 g/mol. The molecule has 3 atom stereocenters. The zero-order valence-corrected chi connectivity index (χ0v) is 39.0. The van der Waals surface area contributed by atoms with Gasteiger partial charge in [-0.2, -0.15) is 0 Å². The van der Waals surface area contributed by atoms with E-state index in [0.29, 0.717) is 19.3 Å². The Morgan fingerprint density at radius 3 is 0.912 bits per heavy atom. The molecule has 0 spiro atoms. The molecule has 0 radical (unpaired) electrons. The van der Waals surface area contributed by atoms with E-state index in [1.54, 1.807) is 0 Å². The van der Waals surface area contributed by atoms with Gasteiger partial charge >= 0.3 is 17.9 Å². The van der Waals surface area contributed by atoms with Crippen LogP contribution in [0.15, 0.2) is 0 Å². The Balaban J connectivity index is 4.22. The van der Waals surface area contributed by atoms with E-state index in [-0.39, 0.29) is 31.1 Å². The molecule has 0 aromatic heterocycles. The molecule has 0 aliphatic rings. The lowest BCUT2D eigenvalue weighted by atomic mass is 10.00. The number of ether oxygens (including phenoxy) is 3. The molecule has 2 unspecified atom stereocenters. The number of hydrogen-bond donors (Lipinski definition) is 0. The second kappa shape index (κ2) is 44.0. The first kappa shape index (κ1) is 55.4. The number of carbonyl (C=O) groups is 3. The van der Waals surface area contributed by atoms with Crippen LogP contribution in [0.4, 0.5) is 0 Å². The van der Waals surface area contributed by atoms with Crippen molar-refractivity contribution in [1.82, 2.24) is 0 Å². The normalized spacial score (nSPS) is 13.0. The second-order valence-electron chi connectivity index (χ2n) is 17.9. The largest absolute Gasteiger partial charge is 0.462 e. The third-order valence-electron chi connectivity index (χ3n) is 12.2. The van der Waals surface area contributed by atoms with Gasteiger partial charge in [-0.1, -0.05) is 240 Å². The quantitative estimate of drug-likeness (QED) is 0.0346. The Kier molecular flexibility index (Phi) is 42.7. The van der Waals surface area contributed by atoms with Crippen molar-refractivity contribution >= 4 is 17.9 Å². The van der Waals surface area contributed by atoms with E-state index < -0.39 is 6.10 Å². The minimum atomic E-state index is -0.762. The predicted octanol–water partition coefficient (Wildman–Crippen LogP) is 16.1. The zero-order valence-electron chi connectivity index (χ0n) is 39.0. The van der Waals surface area contributed by atoms with Crippen LogP contribution in [0.1, 0.15) is 279 Å². The molecule has 6 heteroatoms. The summed E-state index contributed by atoms with van der Waals surface area (Å²) >= 11 is 0. The molecule has 0 bridgehead atoms. The average Bonchev–Trinajstić information content (AvgIpc) is 3.21. The monoisotopic (exact) mass is 807 g/mol. The molecule has 0 amide bonds. The van der Waals surface area contributed by atoms with E-state index in [1.165, 1.54) is 167 Å². The fourth-order valence-corrected chi connectivity index (χ4v) is 7.57. The topological polar surface area (TPSA) is 78.9 Å². The lowest BCUT2D eigenvalue weighted by Crippen LogP contribution is -2.30. The smallest absolute Gasteiger partial charge is 0.306 e. The second-order valence-corrected chi connectivity index (χ2v) is 17.9. The molecule has 0 aliphatic heterocycles. The summed E-state index contributed by atoms with van der Waals surface area (Å²) in [6.45, 7) is 11.3. The minimum Gasteiger partial charge on any atom is -0.462 e. The van der Waals surface area contributed by atoms with Gasteiger partial charge in [0, 0.05) is 19.3 Å².